The van der Waals surface area contributed by atoms with Crippen molar-refractivity contribution in [3.8, 4) is 0 Å². The van der Waals surface area contributed by atoms with Gasteiger partial charge in [-0.1, -0.05) is 25.1 Å². The lowest BCUT2D eigenvalue weighted by atomic mass is 10.2. The van der Waals surface area contributed by atoms with Gasteiger partial charge in [0.25, 0.3) is 5.91 Å². The fourth-order valence-electron chi connectivity index (χ4n) is 2.30. The Hall–Kier alpha value is -3.19. The Morgan fingerprint density at radius 1 is 1.00 bits per heavy atom. The van der Waals surface area contributed by atoms with Crippen molar-refractivity contribution in [1.29, 1.82) is 0 Å². The van der Waals surface area contributed by atoms with Crippen LogP contribution in [0.1, 0.15) is 23.9 Å². The Labute approximate surface area is 155 Å². The van der Waals surface area contributed by atoms with Crippen molar-refractivity contribution in [3.05, 3.63) is 60.4 Å². The number of benzene rings is 2. The molecule has 0 spiro atoms. The highest BCUT2D eigenvalue weighted by Crippen LogP contribution is 2.20. The van der Waals surface area contributed by atoms with Crippen molar-refractivity contribution in [2.45, 2.75) is 13.3 Å². The lowest BCUT2D eigenvalue weighted by Gasteiger charge is -2.09. The number of amides is 2. The zero-order chi connectivity index (χ0) is 18.5. The summed E-state index contributed by atoms with van der Waals surface area (Å²) in [5, 5.41) is 9.35. The molecule has 0 saturated heterocycles. The largest absolute Gasteiger partial charge is 0.451 e. The number of furan rings is 1. The number of rotatable bonds is 4. The summed E-state index contributed by atoms with van der Waals surface area (Å²) in [6, 6.07) is 16.1. The van der Waals surface area contributed by atoms with E-state index in [0.29, 0.717) is 23.4 Å². The van der Waals surface area contributed by atoms with E-state index in [4.69, 9.17) is 16.6 Å². The van der Waals surface area contributed by atoms with Gasteiger partial charge in [-0.15, -0.1) is 0 Å². The fraction of sp³-hybridized carbons (Fsp3) is 0.105. The molecule has 0 radical (unpaired) electrons. The molecule has 0 aliphatic carbocycles. The summed E-state index contributed by atoms with van der Waals surface area (Å²) in [6.45, 7) is 1.75. The standard InChI is InChI=1S/C19H17N3O3S/c1-2-17(23)22-19(26)21-14-9-7-13(8-10-14)20-18(24)16-11-12-5-3-4-6-15(12)25-16/h3-11H,2H2,1H3,(H,20,24)(H2,21,22,23,26). The molecule has 7 heteroatoms. The number of nitrogens with one attached hydrogen (secondary N) is 3. The Morgan fingerprint density at radius 3 is 2.31 bits per heavy atom. The molecule has 6 nitrogen and oxygen atoms in total. The second-order valence-electron chi connectivity index (χ2n) is 5.54. The quantitative estimate of drug-likeness (QED) is 0.609. The monoisotopic (exact) mass is 367 g/mol. The van der Waals surface area contributed by atoms with Gasteiger partial charge in [0, 0.05) is 23.2 Å². The van der Waals surface area contributed by atoms with E-state index in [1.807, 2.05) is 24.3 Å². The molecule has 0 saturated carbocycles. The van der Waals surface area contributed by atoms with Gasteiger partial charge in [0.15, 0.2) is 10.9 Å². The van der Waals surface area contributed by atoms with Crippen LogP contribution >= 0.6 is 12.2 Å². The zero-order valence-electron chi connectivity index (χ0n) is 14.0. The molecule has 2 amide bonds. The molecule has 0 fully saturated rings. The average Bonchev–Trinajstić information content (AvgIpc) is 3.07. The maximum Gasteiger partial charge on any atom is 0.291 e. The SMILES string of the molecule is CCC(=O)NC(=S)Nc1ccc(NC(=O)c2cc3ccccc3o2)cc1. The third kappa shape index (κ3) is 4.25. The van der Waals surface area contributed by atoms with E-state index >= 15 is 0 Å². The minimum absolute atomic E-state index is 0.155. The Morgan fingerprint density at radius 2 is 1.65 bits per heavy atom. The van der Waals surface area contributed by atoms with E-state index in [9.17, 15) is 9.59 Å². The van der Waals surface area contributed by atoms with Gasteiger partial charge in [-0.05, 0) is 48.6 Å². The van der Waals surface area contributed by atoms with E-state index in [2.05, 4.69) is 16.0 Å². The molecule has 2 aromatic carbocycles. The van der Waals surface area contributed by atoms with Crippen molar-refractivity contribution in [2.24, 2.45) is 0 Å². The molecule has 0 bridgehead atoms. The molecule has 0 aliphatic heterocycles. The van der Waals surface area contributed by atoms with Crippen molar-refractivity contribution < 1.29 is 14.0 Å². The average molecular weight is 367 g/mol. The number of carbonyl (C=O) groups is 2. The van der Waals surface area contributed by atoms with E-state index in [0.717, 1.165) is 5.39 Å². The van der Waals surface area contributed by atoms with Gasteiger partial charge < -0.3 is 20.4 Å². The Balaban J connectivity index is 1.62. The number of fused-ring (bicyclic) bond motifs is 1. The molecule has 26 heavy (non-hydrogen) atoms. The lowest BCUT2D eigenvalue weighted by Crippen LogP contribution is -2.33. The van der Waals surface area contributed by atoms with Crippen molar-refractivity contribution in [3.63, 3.8) is 0 Å². The van der Waals surface area contributed by atoms with Crippen LogP contribution in [0.25, 0.3) is 11.0 Å². The highest BCUT2D eigenvalue weighted by atomic mass is 32.1. The molecule has 0 aliphatic rings. The lowest BCUT2D eigenvalue weighted by molar-refractivity contribution is -0.119. The molecule has 3 aromatic rings. The molecule has 3 rings (SSSR count). The second-order valence-corrected chi connectivity index (χ2v) is 5.94. The minimum atomic E-state index is -0.326. The summed E-state index contributed by atoms with van der Waals surface area (Å²) in [4.78, 5) is 23.6. The van der Waals surface area contributed by atoms with Crippen molar-refractivity contribution in [2.75, 3.05) is 10.6 Å². The van der Waals surface area contributed by atoms with Gasteiger partial charge in [-0.2, -0.15) is 0 Å². The third-order valence-corrected chi connectivity index (χ3v) is 3.83. The van der Waals surface area contributed by atoms with Crippen molar-refractivity contribution >= 4 is 51.5 Å². The summed E-state index contributed by atoms with van der Waals surface area (Å²) in [5.74, 6) is -0.235. The zero-order valence-corrected chi connectivity index (χ0v) is 14.9. The van der Waals surface area contributed by atoms with Crippen LogP contribution in [0.4, 0.5) is 11.4 Å². The predicted octanol–water partition coefficient (Wildman–Crippen LogP) is 3.91. The van der Waals surface area contributed by atoms with E-state index in [1.54, 1.807) is 37.3 Å². The van der Waals surface area contributed by atoms with Crippen LogP contribution in [0.3, 0.4) is 0 Å². The summed E-state index contributed by atoms with van der Waals surface area (Å²) in [6.07, 6.45) is 0.356. The first-order valence-corrected chi connectivity index (χ1v) is 8.47. The number of hydrogen-bond donors (Lipinski definition) is 3. The number of para-hydroxylation sites is 1. The van der Waals surface area contributed by atoms with Crippen LogP contribution in [-0.4, -0.2) is 16.9 Å². The Kier molecular flexibility index (Phi) is 5.28. The molecule has 1 aromatic heterocycles. The Bertz CT molecular complexity index is 931. The first-order valence-electron chi connectivity index (χ1n) is 8.06. The molecule has 3 N–H and O–H groups in total. The normalized spacial score (nSPS) is 10.3. The minimum Gasteiger partial charge on any atom is -0.451 e. The van der Waals surface area contributed by atoms with Gasteiger partial charge in [-0.25, -0.2) is 0 Å². The molecular formula is C19H17N3O3S. The van der Waals surface area contributed by atoms with Gasteiger partial charge in [-0.3, -0.25) is 9.59 Å². The van der Waals surface area contributed by atoms with Gasteiger partial charge in [0.2, 0.25) is 5.91 Å². The van der Waals surface area contributed by atoms with Gasteiger partial charge >= 0.3 is 0 Å². The molecule has 132 valence electrons. The third-order valence-electron chi connectivity index (χ3n) is 3.62. The van der Waals surface area contributed by atoms with Crippen LogP contribution in [0.15, 0.2) is 59.0 Å². The number of thiocarbonyl (C=S) groups is 1. The number of carbonyl (C=O) groups excluding carboxylic acids is 2. The molecule has 0 atom stereocenters. The van der Waals surface area contributed by atoms with E-state index in [1.165, 1.54) is 0 Å². The number of anilines is 2. The predicted molar refractivity (Wildman–Crippen MR) is 105 cm³/mol. The highest BCUT2D eigenvalue weighted by Gasteiger charge is 2.12. The molecule has 1 heterocycles. The smallest absolute Gasteiger partial charge is 0.291 e. The second kappa shape index (κ2) is 7.79. The summed E-state index contributed by atoms with van der Waals surface area (Å²) in [5.41, 5.74) is 1.98. The first kappa shape index (κ1) is 17.6. The van der Waals surface area contributed by atoms with Gasteiger partial charge in [0.05, 0.1) is 0 Å². The van der Waals surface area contributed by atoms with Gasteiger partial charge in [0.1, 0.15) is 5.58 Å². The van der Waals surface area contributed by atoms with Crippen molar-refractivity contribution in [1.82, 2.24) is 5.32 Å². The summed E-state index contributed by atoms with van der Waals surface area (Å²) < 4.78 is 5.54. The maximum atomic E-state index is 12.3. The summed E-state index contributed by atoms with van der Waals surface area (Å²) in [7, 11) is 0. The first-order chi connectivity index (χ1) is 12.5. The van der Waals surface area contributed by atoms with Crippen LogP contribution in [-0.2, 0) is 4.79 Å². The van der Waals surface area contributed by atoms with Crippen LogP contribution < -0.4 is 16.0 Å². The van der Waals surface area contributed by atoms with Crippen LogP contribution in [0.2, 0.25) is 0 Å². The summed E-state index contributed by atoms with van der Waals surface area (Å²) >= 11 is 5.05. The van der Waals surface area contributed by atoms with Crippen LogP contribution in [0.5, 0.6) is 0 Å². The maximum absolute atomic E-state index is 12.3. The van der Waals surface area contributed by atoms with E-state index in [-0.39, 0.29) is 22.7 Å². The molecular weight excluding hydrogens is 350 g/mol. The van der Waals surface area contributed by atoms with E-state index < -0.39 is 0 Å². The molecule has 0 unspecified atom stereocenters. The fourth-order valence-corrected chi connectivity index (χ4v) is 2.53. The topological polar surface area (TPSA) is 83.4 Å². The van der Waals surface area contributed by atoms with Crippen LogP contribution in [0, 0.1) is 0 Å². The number of hydrogen-bond acceptors (Lipinski definition) is 4. The highest BCUT2D eigenvalue weighted by molar-refractivity contribution is 7.80.